The first-order valence-electron chi connectivity index (χ1n) is 10.8. The number of hydrogen-bond donors (Lipinski definition) is 1. The highest BCUT2D eigenvalue weighted by Gasteiger charge is 2.30. The Morgan fingerprint density at radius 1 is 1.23 bits per heavy atom. The lowest BCUT2D eigenvalue weighted by atomic mass is 9.98. The first kappa shape index (κ1) is 19.9. The van der Waals surface area contributed by atoms with Crippen LogP contribution in [0.4, 0.5) is 5.82 Å². The molecule has 9 nitrogen and oxygen atoms in total. The van der Waals surface area contributed by atoms with Gasteiger partial charge >= 0.3 is 0 Å². The number of aryl methyl sites for hydroxylation is 1. The van der Waals surface area contributed by atoms with E-state index in [0.29, 0.717) is 31.5 Å². The predicted molar refractivity (Wildman–Crippen MR) is 115 cm³/mol. The second-order valence-electron chi connectivity index (χ2n) is 8.70. The summed E-state index contributed by atoms with van der Waals surface area (Å²) in [6.07, 6.45) is 5.04. The maximum atomic E-state index is 13.1. The molecule has 0 aliphatic carbocycles. The molecule has 162 valence electrons. The minimum atomic E-state index is -0.323. The van der Waals surface area contributed by atoms with Crippen LogP contribution in [-0.4, -0.2) is 65.9 Å². The minimum absolute atomic E-state index is 0.0112. The Morgan fingerprint density at radius 3 is 2.87 bits per heavy atom. The van der Waals surface area contributed by atoms with E-state index in [4.69, 9.17) is 5.10 Å². The van der Waals surface area contributed by atoms with Crippen molar-refractivity contribution >= 4 is 17.4 Å². The molecule has 5 heterocycles. The number of amides is 1. The van der Waals surface area contributed by atoms with Gasteiger partial charge in [0.2, 0.25) is 0 Å². The molecule has 2 unspecified atom stereocenters. The molecule has 0 aromatic carbocycles. The number of aromatic nitrogens is 5. The molecule has 3 aromatic heterocycles. The van der Waals surface area contributed by atoms with E-state index in [1.165, 1.54) is 0 Å². The number of rotatable bonds is 2. The number of aliphatic hydroxyl groups excluding tert-OH is 1. The zero-order valence-electron chi connectivity index (χ0n) is 18.1. The Kier molecular flexibility index (Phi) is 4.85. The second-order valence-corrected chi connectivity index (χ2v) is 8.70. The standard InChI is InChI=1S/C22H27N7O2/c1-13-8-18(30)4-7-28(13)22(31)16-9-17-11-27(6-5-19(17)23-10-16)21-15(3)14(2)20-25-24-12-29(20)26-21/h9-10,12-13,18,30H,4-8,11H2,1-3H3. The second kappa shape index (κ2) is 7.56. The van der Waals surface area contributed by atoms with Crippen LogP contribution in [0.5, 0.6) is 0 Å². The largest absolute Gasteiger partial charge is 0.393 e. The van der Waals surface area contributed by atoms with Crippen molar-refractivity contribution < 1.29 is 9.90 Å². The van der Waals surface area contributed by atoms with Gasteiger partial charge in [-0.1, -0.05) is 0 Å². The summed E-state index contributed by atoms with van der Waals surface area (Å²) in [5, 5.41) is 22.7. The average molecular weight is 422 g/mol. The van der Waals surface area contributed by atoms with E-state index in [9.17, 15) is 9.90 Å². The summed E-state index contributed by atoms with van der Waals surface area (Å²) in [5.41, 5.74) is 5.63. The Bertz CT molecular complexity index is 1160. The molecule has 2 aliphatic rings. The number of carbonyl (C=O) groups is 1. The maximum Gasteiger partial charge on any atom is 0.255 e. The van der Waals surface area contributed by atoms with Gasteiger partial charge in [0.15, 0.2) is 11.5 Å². The van der Waals surface area contributed by atoms with Crippen molar-refractivity contribution in [3.8, 4) is 0 Å². The van der Waals surface area contributed by atoms with E-state index < -0.39 is 0 Å². The molecule has 1 N–H and O–H groups in total. The van der Waals surface area contributed by atoms with E-state index in [2.05, 4.69) is 27.0 Å². The summed E-state index contributed by atoms with van der Waals surface area (Å²) < 4.78 is 1.72. The number of likely N-dealkylation sites (tertiary alicyclic amines) is 1. The molecule has 2 atom stereocenters. The molecule has 2 aliphatic heterocycles. The number of pyridine rings is 1. The number of carbonyl (C=O) groups excluding carboxylic acids is 1. The molecule has 0 radical (unpaired) electrons. The number of piperidine rings is 1. The van der Waals surface area contributed by atoms with Crippen molar-refractivity contribution in [1.29, 1.82) is 0 Å². The third-order valence-corrected chi connectivity index (χ3v) is 6.66. The third-order valence-electron chi connectivity index (χ3n) is 6.66. The average Bonchev–Trinajstić information content (AvgIpc) is 3.24. The van der Waals surface area contributed by atoms with E-state index in [1.54, 1.807) is 17.0 Å². The quantitative estimate of drug-likeness (QED) is 0.672. The van der Waals surface area contributed by atoms with Crippen LogP contribution in [0.25, 0.3) is 5.65 Å². The van der Waals surface area contributed by atoms with Crippen LogP contribution in [0.15, 0.2) is 18.6 Å². The summed E-state index contributed by atoms with van der Waals surface area (Å²) in [4.78, 5) is 21.8. The fourth-order valence-corrected chi connectivity index (χ4v) is 4.70. The molecule has 0 spiro atoms. The van der Waals surface area contributed by atoms with Gasteiger partial charge in [-0.15, -0.1) is 15.3 Å². The lowest BCUT2D eigenvalue weighted by Gasteiger charge is -2.36. The lowest BCUT2D eigenvalue weighted by Crippen LogP contribution is -2.46. The molecule has 3 aromatic rings. The van der Waals surface area contributed by atoms with E-state index in [0.717, 1.165) is 46.8 Å². The molecule has 31 heavy (non-hydrogen) atoms. The first-order valence-corrected chi connectivity index (χ1v) is 10.8. The molecule has 9 heteroatoms. The highest BCUT2D eigenvalue weighted by molar-refractivity contribution is 5.94. The van der Waals surface area contributed by atoms with Crippen LogP contribution in [0.1, 0.15) is 52.5 Å². The first-order chi connectivity index (χ1) is 14.9. The zero-order valence-corrected chi connectivity index (χ0v) is 18.1. The van der Waals surface area contributed by atoms with Crippen LogP contribution in [0.3, 0.4) is 0 Å². The normalized spacial score (nSPS) is 21.4. The smallest absolute Gasteiger partial charge is 0.255 e. The van der Waals surface area contributed by atoms with Crippen molar-refractivity contribution in [3.63, 3.8) is 0 Å². The van der Waals surface area contributed by atoms with Crippen LogP contribution < -0.4 is 4.90 Å². The highest BCUT2D eigenvalue weighted by atomic mass is 16.3. The van der Waals surface area contributed by atoms with Gasteiger partial charge in [-0.3, -0.25) is 9.78 Å². The molecule has 1 amide bonds. The topological polar surface area (TPSA) is 99.8 Å². The number of aliphatic hydroxyl groups is 1. The Labute approximate surface area is 180 Å². The predicted octanol–water partition coefficient (Wildman–Crippen LogP) is 1.68. The Hall–Kier alpha value is -3.07. The fourth-order valence-electron chi connectivity index (χ4n) is 4.70. The molecule has 1 saturated heterocycles. The SMILES string of the molecule is Cc1c(N2CCc3ncc(C(=O)N4CCC(O)CC4C)cc3C2)nn2cnnc2c1C. The van der Waals surface area contributed by atoms with Crippen molar-refractivity contribution in [2.24, 2.45) is 0 Å². The Morgan fingerprint density at radius 2 is 2.06 bits per heavy atom. The Balaban J connectivity index is 1.43. The molecule has 1 fully saturated rings. The summed E-state index contributed by atoms with van der Waals surface area (Å²) in [6, 6.07) is 2.00. The van der Waals surface area contributed by atoms with Crippen molar-refractivity contribution in [1.82, 2.24) is 29.7 Å². The number of nitrogens with zero attached hydrogens (tertiary/aromatic N) is 7. The van der Waals surface area contributed by atoms with Gasteiger partial charge in [-0.2, -0.15) is 4.52 Å². The van der Waals surface area contributed by atoms with Crippen LogP contribution >= 0.6 is 0 Å². The van der Waals surface area contributed by atoms with Gasteiger partial charge < -0.3 is 14.9 Å². The maximum absolute atomic E-state index is 13.1. The lowest BCUT2D eigenvalue weighted by molar-refractivity contribution is 0.0364. The highest BCUT2D eigenvalue weighted by Crippen LogP contribution is 2.28. The molecular weight excluding hydrogens is 394 g/mol. The summed E-state index contributed by atoms with van der Waals surface area (Å²) >= 11 is 0. The van der Waals surface area contributed by atoms with Crippen molar-refractivity contribution in [2.45, 2.75) is 58.7 Å². The zero-order chi connectivity index (χ0) is 21.7. The van der Waals surface area contributed by atoms with Crippen molar-refractivity contribution in [3.05, 3.63) is 46.5 Å². The summed E-state index contributed by atoms with van der Waals surface area (Å²) in [5.74, 6) is 0.897. The molecular formula is C22H27N7O2. The molecule has 0 saturated carbocycles. The van der Waals surface area contributed by atoms with Gasteiger partial charge in [-0.25, -0.2) is 0 Å². The van der Waals surface area contributed by atoms with Crippen molar-refractivity contribution in [2.75, 3.05) is 18.0 Å². The van der Waals surface area contributed by atoms with Gasteiger partial charge in [0.05, 0.1) is 11.7 Å². The fraction of sp³-hybridized carbons (Fsp3) is 0.500. The number of anilines is 1. The van der Waals surface area contributed by atoms with E-state index in [-0.39, 0.29) is 18.1 Å². The summed E-state index contributed by atoms with van der Waals surface area (Å²) in [6.45, 7) is 8.13. The summed E-state index contributed by atoms with van der Waals surface area (Å²) in [7, 11) is 0. The molecule has 0 bridgehead atoms. The van der Waals surface area contributed by atoms with Crippen LogP contribution in [0, 0.1) is 13.8 Å². The van der Waals surface area contributed by atoms with Gasteiger partial charge in [-0.05, 0) is 45.2 Å². The van der Waals surface area contributed by atoms with E-state index in [1.807, 2.05) is 24.8 Å². The van der Waals surface area contributed by atoms with Gasteiger partial charge in [0.1, 0.15) is 6.33 Å². The minimum Gasteiger partial charge on any atom is -0.393 e. The van der Waals surface area contributed by atoms with Gasteiger partial charge in [0.25, 0.3) is 5.91 Å². The van der Waals surface area contributed by atoms with Crippen LogP contribution in [0.2, 0.25) is 0 Å². The number of fused-ring (bicyclic) bond motifs is 2. The van der Waals surface area contributed by atoms with Crippen LogP contribution in [-0.2, 0) is 13.0 Å². The monoisotopic (exact) mass is 421 g/mol. The van der Waals surface area contributed by atoms with E-state index >= 15 is 0 Å². The van der Waals surface area contributed by atoms with Gasteiger partial charge in [0, 0.05) is 55.1 Å². The number of hydrogen-bond acceptors (Lipinski definition) is 7. The molecule has 5 rings (SSSR count). The third kappa shape index (κ3) is 3.42.